The summed E-state index contributed by atoms with van der Waals surface area (Å²) in [6.07, 6.45) is 0.211. The Morgan fingerprint density at radius 1 is 0.963 bits per heavy atom. The third kappa shape index (κ3) is 6.02. The molecular weight excluding hydrogens is 342 g/mol. The van der Waals surface area contributed by atoms with Crippen molar-refractivity contribution < 1.29 is 14.3 Å². The number of ether oxygens (including phenoxy) is 1. The van der Waals surface area contributed by atoms with Crippen LogP contribution in [0, 0.1) is 0 Å². The lowest BCUT2D eigenvalue weighted by Crippen LogP contribution is -2.31. The zero-order chi connectivity index (χ0) is 19.8. The number of benzene rings is 2. The Bertz CT molecular complexity index is 755. The molecular formula is C21H27N3O3. The number of nitrogens with one attached hydrogen (secondary N) is 1. The van der Waals surface area contributed by atoms with Gasteiger partial charge >= 0.3 is 0 Å². The number of carbonyl (C=O) groups excluding carboxylic acids is 2. The Morgan fingerprint density at radius 2 is 1.56 bits per heavy atom. The van der Waals surface area contributed by atoms with E-state index in [9.17, 15) is 9.59 Å². The lowest BCUT2D eigenvalue weighted by molar-refractivity contribution is -0.117. The van der Waals surface area contributed by atoms with Crippen molar-refractivity contribution in [2.45, 2.75) is 20.3 Å². The van der Waals surface area contributed by atoms with Gasteiger partial charge in [0, 0.05) is 51.0 Å². The maximum atomic E-state index is 12.2. The van der Waals surface area contributed by atoms with Gasteiger partial charge in [-0.15, -0.1) is 0 Å². The van der Waals surface area contributed by atoms with Crippen molar-refractivity contribution in [3.05, 3.63) is 48.5 Å². The molecule has 0 atom stereocenters. The summed E-state index contributed by atoms with van der Waals surface area (Å²) < 4.78 is 5.42. The molecule has 0 saturated carbocycles. The summed E-state index contributed by atoms with van der Waals surface area (Å²) in [5.74, 6) is 0.510. The van der Waals surface area contributed by atoms with E-state index >= 15 is 0 Å². The van der Waals surface area contributed by atoms with Crippen LogP contribution >= 0.6 is 0 Å². The van der Waals surface area contributed by atoms with E-state index in [1.54, 1.807) is 4.90 Å². The molecule has 0 aliphatic carbocycles. The molecule has 2 aromatic rings. The van der Waals surface area contributed by atoms with E-state index in [0.717, 1.165) is 22.8 Å². The highest BCUT2D eigenvalue weighted by molar-refractivity contribution is 5.94. The zero-order valence-corrected chi connectivity index (χ0v) is 16.4. The summed E-state index contributed by atoms with van der Waals surface area (Å²) in [6, 6.07) is 14.9. The van der Waals surface area contributed by atoms with Crippen molar-refractivity contribution in [1.82, 2.24) is 0 Å². The zero-order valence-electron chi connectivity index (χ0n) is 16.4. The summed E-state index contributed by atoms with van der Waals surface area (Å²) in [7, 11) is 3.93. The van der Waals surface area contributed by atoms with Gasteiger partial charge in [-0.05, 0) is 55.5 Å². The number of hydrogen-bond donors (Lipinski definition) is 1. The highest BCUT2D eigenvalue weighted by atomic mass is 16.5. The molecule has 0 heterocycles. The van der Waals surface area contributed by atoms with Crippen LogP contribution < -0.4 is 19.9 Å². The van der Waals surface area contributed by atoms with Gasteiger partial charge < -0.3 is 19.9 Å². The van der Waals surface area contributed by atoms with Gasteiger partial charge in [0.15, 0.2) is 0 Å². The molecule has 0 fully saturated rings. The molecule has 0 aliphatic rings. The molecule has 0 saturated heterocycles. The number of hydrogen-bond acceptors (Lipinski definition) is 4. The normalized spacial score (nSPS) is 10.2. The summed E-state index contributed by atoms with van der Waals surface area (Å²) in [5, 5.41) is 2.86. The van der Waals surface area contributed by atoms with Crippen LogP contribution in [0.4, 0.5) is 17.1 Å². The number of carbonyl (C=O) groups is 2. The van der Waals surface area contributed by atoms with Crippen molar-refractivity contribution in [3.8, 4) is 5.75 Å². The van der Waals surface area contributed by atoms with Gasteiger partial charge in [0.2, 0.25) is 11.8 Å². The molecule has 6 heteroatoms. The Labute approximate surface area is 160 Å². The van der Waals surface area contributed by atoms with Gasteiger partial charge in [-0.25, -0.2) is 0 Å². The van der Waals surface area contributed by atoms with Crippen molar-refractivity contribution >= 4 is 28.9 Å². The predicted octanol–water partition coefficient (Wildman–Crippen LogP) is 3.53. The second-order valence-electron chi connectivity index (χ2n) is 6.34. The molecule has 27 heavy (non-hydrogen) atoms. The molecule has 6 nitrogen and oxygen atoms in total. The summed E-state index contributed by atoms with van der Waals surface area (Å²) >= 11 is 0. The number of nitrogens with zero attached hydrogens (tertiary/aromatic N) is 2. The molecule has 0 bridgehead atoms. The van der Waals surface area contributed by atoms with Crippen LogP contribution in [0.5, 0.6) is 5.75 Å². The first kappa shape index (κ1) is 20.3. The van der Waals surface area contributed by atoms with E-state index in [2.05, 4.69) is 5.32 Å². The van der Waals surface area contributed by atoms with E-state index in [1.807, 2.05) is 74.4 Å². The molecule has 1 N–H and O–H groups in total. The van der Waals surface area contributed by atoms with Crippen molar-refractivity contribution in [2.75, 3.05) is 42.4 Å². The smallest absolute Gasteiger partial charge is 0.226 e. The van der Waals surface area contributed by atoms with Crippen molar-refractivity contribution in [3.63, 3.8) is 0 Å². The van der Waals surface area contributed by atoms with Gasteiger partial charge in [0.05, 0.1) is 6.61 Å². The average molecular weight is 369 g/mol. The van der Waals surface area contributed by atoms with E-state index < -0.39 is 0 Å². The van der Waals surface area contributed by atoms with Gasteiger partial charge in [-0.2, -0.15) is 0 Å². The number of rotatable bonds is 8. The molecule has 0 aromatic heterocycles. The first-order valence-corrected chi connectivity index (χ1v) is 8.99. The van der Waals surface area contributed by atoms with Gasteiger partial charge in [-0.1, -0.05) is 0 Å². The molecule has 144 valence electrons. The first-order valence-electron chi connectivity index (χ1n) is 8.99. The Kier molecular flexibility index (Phi) is 7.23. The van der Waals surface area contributed by atoms with Crippen molar-refractivity contribution in [2.24, 2.45) is 0 Å². The molecule has 2 aromatic carbocycles. The summed E-state index contributed by atoms with van der Waals surface area (Å²) in [6.45, 7) is 4.31. The lowest BCUT2D eigenvalue weighted by Gasteiger charge is -2.21. The topological polar surface area (TPSA) is 61.9 Å². The third-order valence-corrected chi connectivity index (χ3v) is 4.07. The Hall–Kier alpha value is -3.02. The summed E-state index contributed by atoms with van der Waals surface area (Å²) in [5.41, 5.74) is 2.54. The van der Waals surface area contributed by atoms with Gasteiger partial charge in [0.25, 0.3) is 0 Å². The quantitative estimate of drug-likeness (QED) is 0.773. The van der Waals surface area contributed by atoms with Gasteiger partial charge in [-0.3, -0.25) is 9.59 Å². The number of amides is 2. The maximum Gasteiger partial charge on any atom is 0.226 e. The minimum atomic E-state index is -0.134. The highest BCUT2D eigenvalue weighted by Gasteiger charge is 2.14. The largest absolute Gasteiger partial charge is 0.494 e. The minimum Gasteiger partial charge on any atom is -0.494 e. The van der Waals surface area contributed by atoms with Crippen LogP contribution in [0.2, 0.25) is 0 Å². The van der Waals surface area contributed by atoms with E-state index in [0.29, 0.717) is 13.2 Å². The molecule has 0 unspecified atom stereocenters. The van der Waals surface area contributed by atoms with Crippen LogP contribution in [0.1, 0.15) is 20.3 Å². The van der Waals surface area contributed by atoms with Crippen LogP contribution in [-0.2, 0) is 9.59 Å². The van der Waals surface area contributed by atoms with Crippen LogP contribution in [0.25, 0.3) is 0 Å². The summed E-state index contributed by atoms with van der Waals surface area (Å²) in [4.78, 5) is 27.8. The van der Waals surface area contributed by atoms with Gasteiger partial charge in [0.1, 0.15) is 5.75 Å². The fraction of sp³-hybridized carbons (Fsp3) is 0.333. The molecule has 2 amide bonds. The van der Waals surface area contributed by atoms with E-state index in [1.165, 1.54) is 6.92 Å². The third-order valence-electron chi connectivity index (χ3n) is 4.07. The van der Waals surface area contributed by atoms with Crippen LogP contribution in [-0.4, -0.2) is 39.1 Å². The fourth-order valence-electron chi connectivity index (χ4n) is 2.64. The molecule has 0 spiro atoms. The maximum absolute atomic E-state index is 12.2. The number of anilines is 3. The van der Waals surface area contributed by atoms with E-state index in [-0.39, 0.29) is 18.2 Å². The van der Waals surface area contributed by atoms with Crippen molar-refractivity contribution in [1.29, 1.82) is 0 Å². The highest BCUT2D eigenvalue weighted by Crippen LogP contribution is 2.20. The van der Waals surface area contributed by atoms with Crippen LogP contribution in [0.3, 0.4) is 0 Å². The second-order valence-corrected chi connectivity index (χ2v) is 6.34. The fourth-order valence-corrected chi connectivity index (χ4v) is 2.64. The standard InChI is InChI=1S/C21H27N3O3/c1-5-27-20-12-10-19(11-13-20)24(16(2)25)15-14-21(26)22-17-6-8-18(9-7-17)23(3)4/h6-13H,5,14-15H2,1-4H3,(H,22,26). The molecule has 0 radical (unpaired) electrons. The minimum absolute atomic E-state index is 0.109. The van der Waals surface area contributed by atoms with E-state index in [4.69, 9.17) is 4.74 Å². The monoisotopic (exact) mass is 369 g/mol. The first-order chi connectivity index (χ1) is 12.9. The Morgan fingerprint density at radius 3 is 2.07 bits per heavy atom. The predicted molar refractivity (Wildman–Crippen MR) is 110 cm³/mol. The lowest BCUT2D eigenvalue weighted by atomic mass is 10.2. The molecule has 2 rings (SSSR count). The SMILES string of the molecule is CCOc1ccc(N(CCC(=O)Nc2ccc(N(C)C)cc2)C(C)=O)cc1. The average Bonchev–Trinajstić information content (AvgIpc) is 2.63. The second kappa shape index (κ2) is 9.62. The van der Waals surface area contributed by atoms with Crippen LogP contribution in [0.15, 0.2) is 48.5 Å². The molecule has 0 aliphatic heterocycles. The Balaban J connectivity index is 1.94.